The summed E-state index contributed by atoms with van der Waals surface area (Å²) in [4.78, 5) is 12.9. The van der Waals surface area contributed by atoms with Gasteiger partial charge in [-0.25, -0.2) is 0 Å². The quantitative estimate of drug-likeness (QED) is 0.710. The number of rotatable bonds is 5. The van der Waals surface area contributed by atoms with Crippen molar-refractivity contribution in [2.45, 2.75) is 51.0 Å². The molecule has 2 fully saturated rings. The lowest BCUT2D eigenvalue weighted by atomic mass is 9.74. The van der Waals surface area contributed by atoms with Gasteiger partial charge in [-0.3, -0.25) is 4.79 Å². The van der Waals surface area contributed by atoms with Crippen LogP contribution in [0.15, 0.2) is 0 Å². The molecule has 5 heteroatoms. The smallest absolute Gasteiger partial charge is 0.229 e. The lowest BCUT2D eigenvalue weighted by Crippen LogP contribution is -2.59. The van der Waals surface area contributed by atoms with Crippen LogP contribution in [0.25, 0.3) is 0 Å². The van der Waals surface area contributed by atoms with E-state index in [4.69, 9.17) is 4.74 Å². The molecule has 5 nitrogen and oxygen atoms in total. The Balaban J connectivity index is 2.06. The van der Waals surface area contributed by atoms with E-state index in [-0.39, 0.29) is 12.5 Å². The largest absolute Gasteiger partial charge is 0.394 e. The van der Waals surface area contributed by atoms with Gasteiger partial charge >= 0.3 is 0 Å². The summed E-state index contributed by atoms with van der Waals surface area (Å²) in [5.74, 6) is 0.753. The molecule has 2 aliphatic rings. The van der Waals surface area contributed by atoms with Gasteiger partial charge in [0, 0.05) is 7.11 Å². The van der Waals surface area contributed by atoms with E-state index in [1.165, 1.54) is 0 Å². The number of hydrogen-bond acceptors (Lipinski definition) is 4. The van der Waals surface area contributed by atoms with Crippen molar-refractivity contribution in [1.82, 2.24) is 10.6 Å². The molecule has 1 aliphatic carbocycles. The van der Waals surface area contributed by atoms with Gasteiger partial charge in [0.25, 0.3) is 0 Å². The Kier molecular flexibility index (Phi) is 5.63. The average Bonchev–Trinajstić information content (AvgIpc) is 2.51. The predicted octanol–water partition coefficient (Wildman–Crippen LogP) is 1.06. The number of carbonyl (C=O) groups is 1. The zero-order chi connectivity index (χ0) is 15.3. The fourth-order valence-corrected chi connectivity index (χ4v) is 3.63. The summed E-state index contributed by atoms with van der Waals surface area (Å²) in [7, 11) is 1.65. The minimum atomic E-state index is -0.439. The standard InChI is InChI=1S/C16H30N2O3/c1-13-3-5-16(11-19,6-4-13)18-14(20)15(12-21-2)7-9-17-10-8-15/h13,17,19H,3-12H2,1-2H3,(H,18,20). The van der Waals surface area contributed by atoms with E-state index in [9.17, 15) is 9.90 Å². The van der Waals surface area contributed by atoms with Gasteiger partial charge in [-0.1, -0.05) is 6.92 Å². The van der Waals surface area contributed by atoms with Crippen LogP contribution >= 0.6 is 0 Å². The van der Waals surface area contributed by atoms with E-state index in [1.54, 1.807) is 7.11 Å². The third-order valence-corrected chi connectivity index (χ3v) is 5.38. The van der Waals surface area contributed by atoms with Gasteiger partial charge in [0.2, 0.25) is 5.91 Å². The van der Waals surface area contributed by atoms with Crippen LogP contribution in [-0.2, 0) is 9.53 Å². The second kappa shape index (κ2) is 7.07. The van der Waals surface area contributed by atoms with Crippen molar-refractivity contribution in [3.8, 4) is 0 Å². The number of ether oxygens (including phenoxy) is 1. The first-order chi connectivity index (χ1) is 10.1. The molecular weight excluding hydrogens is 268 g/mol. The van der Waals surface area contributed by atoms with Gasteiger partial charge in [-0.15, -0.1) is 0 Å². The number of aliphatic hydroxyl groups is 1. The molecule has 0 atom stereocenters. The molecule has 1 saturated carbocycles. The second-order valence-corrected chi connectivity index (χ2v) is 7.04. The molecule has 0 radical (unpaired) electrons. The fourth-order valence-electron chi connectivity index (χ4n) is 3.63. The number of nitrogens with one attached hydrogen (secondary N) is 2. The summed E-state index contributed by atoms with van der Waals surface area (Å²) in [5.41, 5.74) is -0.861. The predicted molar refractivity (Wildman–Crippen MR) is 82.0 cm³/mol. The maximum Gasteiger partial charge on any atom is 0.229 e. The van der Waals surface area contributed by atoms with Crippen LogP contribution in [0.2, 0.25) is 0 Å². The van der Waals surface area contributed by atoms with Crippen molar-refractivity contribution >= 4 is 5.91 Å². The Morgan fingerprint density at radius 3 is 2.43 bits per heavy atom. The van der Waals surface area contributed by atoms with Crippen LogP contribution in [0.5, 0.6) is 0 Å². The normalized spacial score (nSPS) is 32.6. The molecule has 0 bridgehead atoms. The third kappa shape index (κ3) is 3.76. The highest BCUT2D eigenvalue weighted by molar-refractivity contribution is 5.83. The maximum absolute atomic E-state index is 12.9. The minimum Gasteiger partial charge on any atom is -0.394 e. The van der Waals surface area contributed by atoms with Crippen LogP contribution in [-0.4, -0.2) is 50.0 Å². The highest BCUT2D eigenvalue weighted by atomic mass is 16.5. The van der Waals surface area contributed by atoms with Gasteiger partial charge in [-0.05, 0) is 57.5 Å². The number of methoxy groups -OCH3 is 1. The highest BCUT2D eigenvalue weighted by Crippen LogP contribution is 2.35. The minimum absolute atomic E-state index is 0.0345. The monoisotopic (exact) mass is 298 g/mol. The summed E-state index contributed by atoms with van der Waals surface area (Å²) in [5, 5.41) is 16.3. The van der Waals surface area contributed by atoms with E-state index in [1.807, 2.05) is 0 Å². The van der Waals surface area contributed by atoms with Crippen LogP contribution < -0.4 is 10.6 Å². The van der Waals surface area contributed by atoms with E-state index in [0.29, 0.717) is 12.5 Å². The van der Waals surface area contributed by atoms with Gasteiger partial charge < -0.3 is 20.5 Å². The molecule has 3 N–H and O–H groups in total. The summed E-state index contributed by atoms with van der Waals surface area (Å²) in [6, 6.07) is 0. The molecule has 122 valence electrons. The van der Waals surface area contributed by atoms with Crippen molar-refractivity contribution in [2.75, 3.05) is 33.4 Å². The fraction of sp³-hybridized carbons (Fsp3) is 0.938. The first-order valence-corrected chi connectivity index (χ1v) is 8.19. The van der Waals surface area contributed by atoms with Gasteiger partial charge in [0.1, 0.15) is 0 Å². The molecule has 0 unspecified atom stereocenters. The Bertz CT molecular complexity index is 340. The number of piperidine rings is 1. The zero-order valence-corrected chi connectivity index (χ0v) is 13.4. The molecule has 0 aromatic heterocycles. The van der Waals surface area contributed by atoms with Gasteiger partial charge in [0.15, 0.2) is 0 Å². The van der Waals surface area contributed by atoms with E-state index in [0.717, 1.165) is 51.6 Å². The highest BCUT2D eigenvalue weighted by Gasteiger charge is 2.44. The molecule has 0 aromatic carbocycles. The molecule has 21 heavy (non-hydrogen) atoms. The molecule has 0 aromatic rings. The lowest BCUT2D eigenvalue weighted by Gasteiger charge is -2.43. The van der Waals surface area contributed by atoms with Crippen molar-refractivity contribution in [2.24, 2.45) is 11.3 Å². The molecule has 0 spiro atoms. The van der Waals surface area contributed by atoms with E-state index < -0.39 is 11.0 Å². The Morgan fingerprint density at radius 1 is 1.29 bits per heavy atom. The Labute approximate surface area is 127 Å². The Hall–Kier alpha value is -0.650. The number of hydrogen-bond donors (Lipinski definition) is 3. The molecule has 1 amide bonds. The third-order valence-electron chi connectivity index (χ3n) is 5.38. The van der Waals surface area contributed by atoms with E-state index in [2.05, 4.69) is 17.6 Å². The molecule has 2 rings (SSSR count). The van der Waals surface area contributed by atoms with Crippen LogP contribution in [0.1, 0.15) is 45.4 Å². The Morgan fingerprint density at radius 2 is 1.90 bits per heavy atom. The zero-order valence-electron chi connectivity index (χ0n) is 13.4. The first kappa shape index (κ1) is 16.7. The molecule has 1 saturated heterocycles. The maximum atomic E-state index is 12.9. The number of amides is 1. The van der Waals surface area contributed by atoms with Crippen LogP contribution in [0.3, 0.4) is 0 Å². The average molecular weight is 298 g/mol. The van der Waals surface area contributed by atoms with Crippen molar-refractivity contribution in [3.63, 3.8) is 0 Å². The van der Waals surface area contributed by atoms with Crippen LogP contribution in [0.4, 0.5) is 0 Å². The van der Waals surface area contributed by atoms with Crippen molar-refractivity contribution < 1.29 is 14.6 Å². The first-order valence-electron chi connectivity index (χ1n) is 8.19. The number of aliphatic hydroxyl groups excluding tert-OH is 1. The molecule has 1 heterocycles. The topological polar surface area (TPSA) is 70.6 Å². The van der Waals surface area contributed by atoms with Gasteiger partial charge in [-0.2, -0.15) is 0 Å². The lowest BCUT2D eigenvalue weighted by molar-refractivity contribution is -0.139. The van der Waals surface area contributed by atoms with Crippen LogP contribution in [0, 0.1) is 11.3 Å². The SMILES string of the molecule is COCC1(C(=O)NC2(CO)CCC(C)CC2)CCNCC1. The van der Waals surface area contributed by atoms with Crippen molar-refractivity contribution in [1.29, 1.82) is 0 Å². The molecule has 1 aliphatic heterocycles. The second-order valence-electron chi connectivity index (χ2n) is 7.04. The summed E-state index contributed by atoms with van der Waals surface area (Å²) in [6.07, 6.45) is 5.48. The van der Waals surface area contributed by atoms with E-state index >= 15 is 0 Å². The summed E-state index contributed by atoms with van der Waals surface area (Å²) >= 11 is 0. The summed E-state index contributed by atoms with van der Waals surface area (Å²) in [6.45, 7) is 4.42. The summed E-state index contributed by atoms with van der Waals surface area (Å²) < 4.78 is 5.33. The molecular formula is C16H30N2O3. The van der Waals surface area contributed by atoms with Crippen molar-refractivity contribution in [3.05, 3.63) is 0 Å². The number of carbonyl (C=O) groups excluding carboxylic acids is 1. The van der Waals surface area contributed by atoms with Gasteiger partial charge in [0.05, 0.1) is 24.2 Å².